The number of phenolic OH excluding ortho intramolecular Hbond substituents is 1. The van der Waals surface area contributed by atoms with E-state index in [0.29, 0.717) is 59.0 Å². The Morgan fingerprint density at radius 1 is 0.812 bits per heavy atom. The molecule has 3 saturated heterocycles. The fourth-order valence-electron chi connectivity index (χ4n) is 15.8. The smallest absolute Gasteiger partial charge is 0.409 e. The number of nitrogens with zero attached hydrogens (tertiary/aromatic N) is 2. The predicted octanol–water partition coefficient (Wildman–Crippen LogP) is 5.28. The number of fused-ring (bicyclic) bond motifs is 6. The molecule has 4 aromatic carbocycles. The monoisotopic (exact) mass is 1870 g/mol. The molecule has 0 unspecified atom stereocenters. The van der Waals surface area contributed by atoms with Gasteiger partial charge in [-0.1, -0.05) is 165 Å². The van der Waals surface area contributed by atoms with Crippen LogP contribution in [0.2, 0.25) is 5.02 Å². The molecular formula is C89H119ClN14O20S4. The summed E-state index contributed by atoms with van der Waals surface area (Å²) in [7, 11) is 10.0. The number of methoxy groups -OCH3 is 2. The number of halogens is 1. The number of nitrogens with two attached hydrogens (primary N) is 2. The molecule has 17 N–H and O–H groups in total. The van der Waals surface area contributed by atoms with Crippen molar-refractivity contribution in [2.24, 2.45) is 17.4 Å². The summed E-state index contributed by atoms with van der Waals surface area (Å²) < 4.78 is 29.9. The number of aliphatic hydroxyl groups is 2. The van der Waals surface area contributed by atoms with Gasteiger partial charge in [-0.3, -0.25) is 53.3 Å². The number of benzene rings is 4. The number of para-hydroxylation sites is 1. The van der Waals surface area contributed by atoms with E-state index in [1.165, 1.54) is 74.9 Å². The zero-order valence-corrected chi connectivity index (χ0v) is 77.2. The number of carbonyl (C=O) groups excluding carboxylic acids is 12. The van der Waals surface area contributed by atoms with Gasteiger partial charge in [0.2, 0.25) is 59.1 Å². The maximum Gasteiger partial charge on any atom is 0.409 e. The van der Waals surface area contributed by atoms with Crippen LogP contribution in [0.3, 0.4) is 0 Å². The predicted molar refractivity (Wildman–Crippen MR) is 490 cm³/mol. The number of allylic oxidation sites excluding steroid dienone is 3. The van der Waals surface area contributed by atoms with E-state index in [4.69, 9.17) is 46.8 Å². The fourth-order valence-corrected chi connectivity index (χ4v) is 20.6. The normalized spacial score (nSPS) is 26.6. The number of hydrogen-bond acceptors (Lipinski definition) is 26. The van der Waals surface area contributed by atoms with Crippen molar-refractivity contribution in [3.05, 3.63) is 148 Å². The second kappa shape index (κ2) is 47.3. The lowest BCUT2D eigenvalue weighted by atomic mass is 9.83. The first-order chi connectivity index (χ1) is 61.1. The molecular weight excluding hydrogens is 1750 g/mol. The Morgan fingerprint density at radius 2 is 1.49 bits per heavy atom. The minimum Gasteiger partial charge on any atom is -0.508 e. The van der Waals surface area contributed by atoms with Crippen LogP contribution in [0.1, 0.15) is 128 Å². The van der Waals surface area contributed by atoms with Crippen molar-refractivity contribution >= 4 is 143 Å². The molecule has 39 heteroatoms. The number of aliphatic hydroxyl groups excluding tert-OH is 1. The molecule has 5 aliphatic rings. The molecule has 0 spiro atoms. The quantitative estimate of drug-likeness (QED) is 0.0131. The number of aromatic hydroxyl groups is 1. The molecule has 1 aliphatic carbocycles. The van der Waals surface area contributed by atoms with Gasteiger partial charge in [0.15, 0.2) is 5.72 Å². The lowest BCUT2D eigenvalue weighted by molar-refractivity contribution is -0.162. The van der Waals surface area contributed by atoms with Gasteiger partial charge in [0.1, 0.15) is 88.8 Å². The molecule has 128 heavy (non-hydrogen) atoms. The molecule has 11 amide bonds. The van der Waals surface area contributed by atoms with Crippen molar-refractivity contribution in [2.45, 2.75) is 233 Å². The molecule has 10 rings (SSSR count). The number of epoxide rings is 1. The summed E-state index contributed by atoms with van der Waals surface area (Å²) in [6.07, 6.45) is 3.80. The first-order valence-electron chi connectivity index (χ1n) is 42.9. The molecule has 0 radical (unpaired) electrons. The highest BCUT2D eigenvalue weighted by atomic mass is 35.5. The number of nitrogens with one attached hydrogen (secondary N) is 10. The van der Waals surface area contributed by atoms with E-state index in [-0.39, 0.29) is 97.1 Å². The average Bonchev–Trinajstić information content (AvgIpc) is 1.57. The molecule has 4 bridgehead atoms. The van der Waals surface area contributed by atoms with Crippen molar-refractivity contribution < 1.29 is 96.5 Å². The third-order valence-electron chi connectivity index (χ3n) is 23.7. The van der Waals surface area contributed by atoms with Crippen LogP contribution in [0.5, 0.6) is 11.5 Å². The fraction of sp³-hybridized carbons (Fsp3) is 0.528. The van der Waals surface area contributed by atoms with Gasteiger partial charge in [0.05, 0.1) is 37.5 Å². The van der Waals surface area contributed by atoms with Gasteiger partial charge in [0, 0.05) is 99.0 Å². The molecule has 4 fully saturated rings. The van der Waals surface area contributed by atoms with Crippen LogP contribution in [0.15, 0.2) is 121 Å². The molecule has 696 valence electrons. The number of amides is 11. The lowest BCUT2D eigenvalue weighted by Gasteiger charge is -2.42. The van der Waals surface area contributed by atoms with Gasteiger partial charge in [-0.25, -0.2) is 9.59 Å². The Labute approximate surface area is 765 Å². The second-order valence-electron chi connectivity index (χ2n) is 33.3. The van der Waals surface area contributed by atoms with Crippen molar-refractivity contribution in [2.75, 3.05) is 62.8 Å². The van der Waals surface area contributed by atoms with Crippen molar-refractivity contribution in [3.63, 3.8) is 0 Å². The van der Waals surface area contributed by atoms with E-state index < -0.39 is 180 Å². The van der Waals surface area contributed by atoms with Crippen LogP contribution in [0, 0.1) is 5.92 Å². The van der Waals surface area contributed by atoms with Crippen LogP contribution >= 0.6 is 54.8 Å². The number of hydrogen-bond donors (Lipinski definition) is 15. The van der Waals surface area contributed by atoms with E-state index in [0.717, 1.165) is 62.8 Å². The Kier molecular flexibility index (Phi) is 37.1. The summed E-state index contributed by atoms with van der Waals surface area (Å²) >= 11 is 6.93. The van der Waals surface area contributed by atoms with Crippen LogP contribution in [0.25, 0.3) is 10.9 Å². The topological polar surface area (TPSA) is 498 Å². The first kappa shape index (κ1) is 101. The van der Waals surface area contributed by atoms with E-state index in [1.54, 1.807) is 92.9 Å². The van der Waals surface area contributed by atoms with Gasteiger partial charge < -0.3 is 108 Å². The van der Waals surface area contributed by atoms with Gasteiger partial charge in [-0.05, 0) is 132 Å². The zero-order chi connectivity index (χ0) is 92.7. The highest BCUT2D eigenvalue weighted by Gasteiger charge is 2.65. The maximum absolute atomic E-state index is 15.3. The number of esters is 1. The van der Waals surface area contributed by atoms with Crippen molar-refractivity contribution in [1.82, 2.24) is 57.7 Å². The number of phenols is 1. The van der Waals surface area contributed by atoms with Gasteiger partial charge in [-0.2, -0.15) is 0 Å². The minimum absolute atomic E-state index is 0.0562. The van der Waals surface area contributed by atoms with Crippen molar-refractivity contribution in [1.29, 1.82) is 0 Å². The number of carbonyl (C=O) groups is 12. The molecule has 1 saturated carbocycles. The van der Waals surface area contributed by atoms with E-state index in [2.05, 4.69) is 52.8 Å². The largest absolute Gasteiger partial charge is 0.508 e. The minimum atomic E-state index is -1.95. The number of aromatic amines is 1. The van der Waals surface area contributed by atoms with Crippen LogP contribution in [0.4, 0.5) is 10.5 Å². The highest BCUT2D eigenvalue weighted by Crippen LogP contribution is 2.50. The third-order valence-corrected chi connectivity index (χ3v) is 28.9. The number of aromatic nitrogens is 1. The summed E-state index contributed by atoms with van der Waals surface area (Å²) in [6.45, 7) is 8.17. The number of H-pyrrole nitrogens is 1. The summed E-state index contributed by atoms with van der Waals surface area (Å²) in [4.78, 5) is 182. The zero-order valence-electron chi connectivity index (χ0n) is 73.2. The standard InChI is InChI=1S/C89H119ClN14O20S4/c1-49-21-20-29-71(121-9)89(119)44-70(122-87(118)102-89)50(2)77-88(5,124-77)72(43-74(108)104(7)68-40-55(37-49)41-69(120-8)75(68)90)123-86(117)51(3)103(6)73(107)34-36-125-126-46-65(82(113)94-57-24-14-11-15-25-57)99-84(115)67-48-128-127-47-66(98-78(109)60(92)38-53-22-12-10-13-23-53)83(114)96-63(39-54-30-32-58(106)33-31-54)80(111)97-64(42-56-45-93-61-27-17-16-26-59(56)61)81(112)95-62(28-18-19-35-91)79(110)101-76(52(4)105)85(116)100-67/h10,12-13,16-17,20-23,26-27,29-33,40-41,45,50-52,57,60,62-67,70-72,76-77,93,105-106,119H,11,14-15,18-19,24-25,28,34-39,42-44,46-48,91-92H2,1-9H3,(H,94,113)(H,95,112)(H,96,114)(H,97,111)(H,98,109)(H,99,115)(H,100,116)(H,101,110)(H,102,118)/b29-20+,49-21+/t50-,51+,52-,60-,62+,63+,64-,65+,66+,67+,70+,71-,72+,76+,77+,88+,89+/m1/s1. The third kappa shape index (κ3) is 27.5. The molecule has 17 atom stereocenters. The molecule has 4 aliphatic heterocycles. The maximum atomic E-state index is 15.3. The Bertz CT molecular complexity index is 4800. The molecule has 5 aromatic rings. The first-order valence-corrected chi connectivity index (χ1v) is 48.2. The van der Waals surface area contributed by atoms with Crippen molar-refractivity contribution in [3.8, 4) is 11.5 Å². The van der Waals surface area contributed by atoms with Crippen LogP contribution in [-0.4, -0.2) is 256 Å². The number of anilines is 1. The molecule has 34 nitrogen and oxygen atoms in total. The SMILES string of the molecule is COc1cc2cc(c1Cl)N(C)C(=O)C[C@H](OC(=O)[C@H](C)N(C)C(=O)CCSSC[C@H](NC(=O)[C@@H]1CSSC[C@H](NC(=O)[C@H](N)Cc3ccccc3)C(=O)N[C@@H](Cc3ccc(O)cc3)C(=O)N[C@H](Cc3c[nH]c4ccccc34)C(=O)N[C@@H](CCCCN)C(=O)N[C@@H]([C@@H](C)O)C(=O)N1)C(=O)NC1CCCCC1)[C@]1(C)O[C@H]1[C@H](C)[C@@H]1C[C@@](O)(NC(=O)O1)[C@H](OC)/C=C/C=C(\C)C2. The average molecular weight is 1870 g/mol. The van der Waals surface area contributed by atoms with Crippen LogP contribution in [-0.2, 0) is 97.4 Å². The molecule has 5 heterocycles. The van der Waals surface area contributed by atoms with Gasteiger partial charge >= 0.3 is 12.1 Å². The van der Waals surface area contributed by atoms with Gasteiger partial charge in [-0.15, -0.1) is 0 Å². The highest BCUT2D eigenvalue weighted by molar-refractivity contribution is 8.77. The van der Waals surface area contributed by atoms with E-state index in [9.17, 15) is 53.7 Å². The summed E-state index contributed by atoms with van der Waals surface area (Å²) in [5, 5.41) is 59.6. The van der Waals surface area contributed by atoms with Crippen LogP contribution < -0.4 is 69.0 Å². The van der Waals surface area contributed by atoms with E-state index in [1.807, 2.05) is 31.2 Å². The van der Waals surface area contributed by atoms with E-state index >= 15 is 19.2 Å². The number of likely N-dealkylation sites (N-methyl/N-ethyl adjacent to an activating group) is 1. The lowest BCUT2D eigenvalue weighted by Crippen LogP contribution is -2.63. The number of unbranched alkanes of at least 4 members (excludes halogenated alkanes) is 1. The summed E-state index contributed by atoms with van der Waals surface area (Å²) in [5.74, 6) is -9.88. The summed E-state index contributed by atoms with van der Waals surface area (Å²) in [5.41, 5.74) is 13.5. The second-order valence-corrected chi connectivity index (χ2v) is 38.8. The number of rotatable bonds is 28. The number of alkyl carbamates (subject to hydrolysis) is 1. The van der Waals surface area contributed by atoms with Gasteiger partial charge in [0.25, 0.3) is 0 Å². The summed E-state index contributed by atoms with van der Waals surface area (Å²) in [6, 6.07) is 12.2. The Morgan fingerprint density at radius 3 is 2.20 bits per heavy atom. The Hall–Kier alpha value is -9.61. The number of ether oxygens (including phenoxy) is 5. The molecule has 1 aromatic heterocycles. The Balaban J connectivity index is 0.878.